The molecule has 0 saturated heterocycles. The highest BCUT2D eigenvalue weighted by Crippen LogP contribution is 2.33. The van der Waals surface area contributed by atoms with Gasteiger partial charge in [0.05, 0.1) is 5.56 Å². The summed E-state index contributed by atoms with van der Waals surface area (Å²) < 4.78 is 6.04. The Bertz CT molecular complexity index is 898. The minimum absolute atomic E-state index is 0.124. The molecule has 0 saturated carbocycles. The van der Waals surface area contributed by atoms with E-state index in [0.29, 0.717) is 12.2 Å². The lowest BCUT2D eigenvalue weighted by atomic mass is 9.92. The molecular formula is C23H22O3. The third-order valence-corrected chi connectivity index (χ3v) is 4.34. The van der Waals surface area contributed by atoms with Crippen LogP contribution < -0.4 is 4.74 Å². The van der Waals surface area contributed by atoms with E-state index in [-0.39, 0.29) is 5.92 Å². The normalized spacial score (nSPS) is 10.7. The van der Waals surface area contributed by atoms with Crippen LogP contribution in [0.25, 0.3) is 11.1 Å². The minimum atomic E-state index is -0.895. The van der Waals surface area contributed by atoms with Crippen molar-refractivity contribution in [3.8, 4) is 16.9 Å². The van der Waals surface area contributed by atoms with Crippen molar-refractivity contribution in [3.63, 3.8) is 0 Å². The van der Waals surface area contributed by atoms with Crippen LogP contribution >= 0.6 is 0 Å². The molecule has 132 valence electrons. The highest BCUT2D eigenvalue weighted by Gasteiger charge is 2.15. The zero-order valence-electron chi connectivity index (χ0n) is 15.0. The van der Waals surface area contributed by atoms with Crippen LogP contribution in [0.3, 0.4) is 0 Å². The Balaban J connectivity index is 1.94. The molecule has 0 aliphatic carbocycles. The number of hydrogen-bond acceptors (Lipinski definition) is 2. The lowest BCUT2D eigenvalue weighted by Gasteiger charge is -2.15. The van der Waals surface area contributed by atoms with Crippen LogP contribution in [-0.2, 0) is 6.61 Å². The predicted octanol–water partition coefficient (Wildman–Crippen LogP) is 5.75. The Labute approximate surface area is 153 Å². The van der Waals surface area contributed by atoms with Crippen LogP contribution in [0.15, 0.2) is 72.8 Å². The van der Waals surface area contributed by atoms with Crippen molar-refractivity contribution in [2.24, 2.45) is 0 Å². The first kappa shape index (κ1) is 17.7. The monoisotopic (exact) mass is 346 g/mol. The first-order chi connectivity index (χ1) is 12.6. The number of hydrogen-bond donors (Lipinski definition) is 1. The Kier molecular flexibility index (Phi) is 5.37. The van der Waals surface area contributed by atoms with Gasteiger partial charge in [-0.15, -0.1) is 0 Å². The maximum absolute atomic E-state index is 11.5. The second kappa shape index (κ2) is 7.87. The van der Waals surface area contributed by atoms with E-state index in [1.807, 2.05) is 80.6 Å². The van der Waals surface area contributed by atoms with Gasteiger partial charge in [0.25, 0.3) is 0 Å². The molecule has 0 radical (unpaired) electrons. The molecule has 26 heavy (non-hydrogen) atoms. The number of benzene rings is 3. The molecule has 0 fully saturated rings. The minimum Gasteiger partial charge on any atom is -0.488 e. The second-order valence-corrected chi connectivity index (χ2v) is 6.53. The topological polar surface area (TPSA) is 46.5 Å². The van der Waals surface area contributed by atoms with E-state index in [9.17, 15) is 9.90 Å². The Morgan fingerprint density at radius 3 is 2.35 bits per heavy atom. The quantitative estimate of drug-likeness (QED) is 0.618. The molecule has 1 N–H and O–H groups in total. The van der Waals surface area contributed by atoms with Gasteiger partial charge in [0.1, 0.15) is 12.4 Å². The van der Waals surface area contributed by atoms with Gasteiger partial charge in [0.15, 0.2) is 0 Å². The van der Waals surface area contributed by atoms with E-state index in [1.54, 1.807) is 6.07 Å². The van der Waals surface area contributed by atoms with Crippen LogP contribution in [0, 0.1) is 0 Å². The van der Waals surface area contributed by atoms with Gasteiger partial charge in [-0.05, 0) is 40.8 Å². The molecule has 0 bridgehead atoms. The number of para-hydroxylation sites is 1. The fraction of sp³-hybridized carbons (Fsp3) is 0.174. The van der Waals surface area contributed by atoms with Crippen LogP contribution in [0.2, 0.25) is 0 Å². The molecule has 0 aliphatic rings. The van der Waals surface area contributed by atoms with Gasteiger partial charge in [-0.2, -0.15) is 0 Å². The summed E-state index contributed by atoms with van der Waals surface area (Å²) in [6.07, 6.45) is 0. The van der Waals surface area contributed by atoms with Gasteiger partial charge in [-0.25, -0.2) is 4.79 Å². The lowest BCUT2D eigenvalue weighted by molar-refractivity contribution is 0.0695. The zero-order chi connectivity index (χ0) is 18.5. The average Bonchev–Trinajstić information content (AvgIpc) is 2.67. The molecule has 0 aliphatic heterocycles. The van der Waals surface area contributed by atoms with Crippen molar-refractivity contribution in [3.05, 3.63) is 89.5 Å². The maximum atomic E-state index is 11.5. The molecule has 3 heteroatoms. The van der Waals surface area contributed by atoms with Crippen molar-refractivity contribution < 1.29 is 14.6 Å². The fourth-order valence-electron chi connectivity index (χ4n) is 2.97. The summed E-state index contributed by atoms with van der Waals surface area (Å²) in [6.45, 7) is 4.49. The smallest absolute Gasteiger partial charge is 0.335 e. The molecule has 0 aromatic heterocycles. The van der Waals surface area contributed by atoms with E-state index in [4.69, 9.17) is 4.74 Å². The molecule has 0 spiro atoms. The Hall–Kier alpha value is -3.07. The van der Waals surface area contributed by atoms with Gasteiger partial charge in [0, 0.05) is 5.56 Å². The van der Waals surface area contributed by atoms with Crippen molar-refractivity contribution in [1.82, 2.24) is 0 Å². The summed E-state index contributed by atoms with van der Waals surface area (Å²) in [5.41, 5.74) is 4.20. The summed E-state index contributed by atoms with van der Waals surface area (Å²) in [6, 6.07) is 23.4. The van der Waals surface area contributed by atoms with Crippen LogP contribution in [0.1, 0.15) is 41.3 Å². The van der Waals surface area contributed by atoms with Crippen LogP contribution in [-0.4, -0.2) is 11.1 Å². The summed E-state index contributed by atoms with van der Waals surface area (Å²) >= 11 is 0. The predicted molar refractivity (Wildman–Crippen MR) is 104 cm³/mol. The van der Waals surface area contributed by atoms with Crippen LogP contribution in [0.5, 0.6) is 5.75 Å². The molecule has 0 atom stereocenters. The number of carboxylic acids is 1. The van der Waals surface area contributed by atoms with E-state index in [1.165, 1.54) is 0 Å². The highest BCUT2D eigenvalue weighted by molar-refractivity contribution is 5.91. The van der Waals surface area contributed by atoms with Gasteiger partial charge in [-0.1, -0.05) is 68.4 Å². The third-order valence-electron chi connectivity index (χ3n) is 4.34. The number of rotatable bonds is 6. The average molecular weight is 346 g/mol. The zero-order valence-corrected chi connectivity index (χ0v) is 15.0. The van der Waals surface area contributed by atoms with E-state index >= 15 is 0 Å². The van der Waals surface area contributed by atoms with Crippen molar-refractivity contribution in [2.75, 3.05) is 0 Å². The molecule has 3 aromatic carbocycles. The summed E-state index contributed by atoms with van der Waals surface area (Å²) in [4.78, 5) is 11.5. The highest BCUT2D eigenvalue weighted by atomic mass is 16.5. The first-order valence-corrected chi connectivity index (χ1v) is 8.69. The molecule has 0 heterocycles. The Morgan fingerprint density at radius 2 is 1.65 bits per heavy atom. The molecule has 0 unspecified atom stereocenters. The van der Waals surface area contributed by atoms with Gasteiger partial charge in [-0.3, -0.25) is 0 Å². The second-order valence-electron chi connectivity index (χ2n) is 6.53. The standard InChI is InChI=1S/C23H22O3/c1-16(2)21-14-18(12-13-20(21)23(24)25)19-10-6-7-11-22(19)26-15-17-8-4-3-5-9-17/h3-14,16H,15H2,1-2H3,(H,24,25). The summed E-state index contributed by atoms with van der Waals surface area (Å²) in [7, 11) is 0. The fourth-order valence-corrected chi connectivity index (χ4v) is 2.97. The van der Waals surface area contributed by atoms with Crippen molar-refractivity contribution in [1.29, 1.82) is 0 Å². The van der Waals surface area contributed by atoms with Crippen molar-refractivity contribution >= 4 is 5.97 Å². The van der Waals surface area contributed by atoms with Crippen molar-refractivity contribution in [2.45, 2.75) is 26.4 Å². The van der Waals surface area contributed by atoms with Gasteiger partial charge >= 0.3 is 5.97 Å². The molecular weight excluding hydrogens is 324 g/mol. The molecule has 3 aromatic rings. The number of carbonyl (C=O) groups is 1. The molecule has 0 amide bonds. The number of carboxylic acid groups (broad SMARTS) is 1. The van der Waals surface area contributed by atoms with Gasteiger partial charge < -0.3 is 9.84 Å². The third kappa shape index (κ3) is 3.94. The maximum Gasteiger partial charge on any atom is 0.335 e. The Morgan fingerprint density at radius 1 is 0.962 bits per heavy atom. The molecule has 3 nitrogen and oxygen atoms in total. The van der Waals surface area contributed by atoms with Crippen LogP contribution in [0.4, 0.5) is 0 Å². The summed E-state index contributed by atoms with van der Waals surface area (Å²) in [5, 5.41) is 9.42. The lowest BCUT2D eigenvalue weighted by Crippen LogP contribution is -2.04. The SMILES string of the molecule is CC(C)c1cc(-c2ccccc2OCc2ccccc2)ccc1C(=O)O. The van der Waals surface area contributed by atoms with Gasteiger partial charge in [0.2, 0.25) is 0 Å². The largest absolute Gasteiger partial charge is 0.488 e. The van der Waals surface area contributed by atoms with E-state index in [2.05, 4.69) is 0 Å². The molecule has 3 rings (SSSR count). The van der Waals surface area contributed by atoms with E-state index in [0.717, 1.165) is 28.0 Å². The first-order valence-electron chi connectivity index (χ1n) is 8.69. The number of aromatic carboxylic acids is 1. The number of ether oxygens (including phenoxy) is 1. The summed E-state index contributed by atoms with van der Waals surface area (Å²) in [5.74, 6) is 0.0152. The van der Waals surface area contributed by atoms with E-state index < -0.39 is 5.97 Å².